The Bertz CT molecular complexity index is 330. The molecule has 1 rings (SSSR count). The van der Waals surface area contributed by atoms with Gasteiger partial charge in [-0.3, -0.25) is 0 Å². The normalized spacial score (nSPS) is 15.0. The first-order valence-electron chi connectivity index (χ1n) is 4.74. The molecule has 2 N–H and O–H groups in total. The monoisotopic (exact) mass is 292 g/mol. The first-order chi connectivity index (χ1) is 7.06. The summed E-state index contributed by atoms with van der Waals surface area (Å²) in [7, 11) is 0. The number of hydrogen-bond acceptors (Lipinski definition) is 2. The molecule has 0 aliphatic carbocycles. The summed E-state index contributed by atoms with van der Waals surface area (Å²) in [5, 5.41) is 19.4. The highest BCUT2D eigenvalue weighted by Gasteiger charge is 2.17. The number of benzene rings is 1. The van der Waals surface area contributed by atoms with E-state index in [4.69, 9.17) is 11.6 Å². The van der Waals surface area contributed by atoms with E-state index in [1.165, 1.54) is 0 Å². The van der Waals surface area contributed by atoms with Gasteiger partial charge < -0.3 is 10.2 Å². The predicted molar refractivity (Wildman–Crippen MR) is 65.2 cm³/mol. The second-order valence-corrected chi connectivity index (χ2v) is 4.73. The molecule has 0 aliphatic heterocycles. The predicted octanol–water partition coefficient (Wildman–Crippen LogP) is 2.78. The number of alkyl halides is 1. The molecule has 2 atom stereocenters. The highest BCUT2D eigenvalue weighted by atomic mass is 79.9. The fourth-order valence-corrected chi connectivity index (χ4v) is 1.81. The lowest BCUT2D eigenvalue weighted by molar-refractivity contribution is 0.0169. The third kappa shape index (κ3) is 3.45. The number of rotatable bonds is 4. The lowest BCUT2D eigenvalue weighted by atomic mass is 10.0. The number of aryl methyl sites for hydroxylation is 1. The molecule has 1 aromatic carbocycles. The van der Waals surface area contributed by atoms with Crippen LogP contribution in [-0.4, -0.2) is 22.2 Å². The van der Waals surface area contributed by atoms with Gasteiger partial charge in [0.2, 0.25) is 0 Å². The first kappa shape index (κ1) is 13.0. The van der Waals surface area contributed by atoms with Crippen LogP contribution in [0.4, 0.5) is 0 Å². The molecular formula is C11H14BrClO2. The Morgan fingerprint density at radius 3 is 2.60 bits per heavy atom. The summed E-state index contributed by atoms with van der Waals surface area (Å²) < 4.78 is 0.991. The van der Waals surface area contributed by atoms with Crippen LogP contribution in [0, 0.1) is 6.92 Å². The molecule has 1 aromatic rings. The molecule has 0 heterocycles. The Labute approximate surface area is 103 Å². The Morgan fingerprint density at radius 1 is 1.40 bits per heavy atom. The Morgan fingerprint density at radius 2 is 2.07 bits per heavy atom. The smallest absolute Gasteiger partial charge is 0.105 e. The van der Waals surface area contributed by atoms with Crippen molar-refractivity contribution in [3.05, 3.63) is 33.8 Å². The van der Waals surface area contributed by atoms with Crippen molar-refractivity contribution in [3.63, 3.8) is 0 Å². The van der Waals surface area contributed by atoms with E-state index in [9.17, 15) is 10.2 Å². The van der Waals surface area contributed by atoms with Gasteiger partial charge in [0.15, 0.2) is 0 Å². The second kappa shape index (κ2) is 5.85. The summed E-state index contributed by atoms with van der Waals surface area (Å²) in [6, 6.07) is 5.51. The molecule has 0 radical (unpaired) electrons. The minimum Gasteiger partial charge on any atom is -0.390 e. The van der Waals surface area contributed by atoms with Crippen LogP contribution in [0.15, 0.2) is 22.7 Å². The van der Waals surface area contributed by atoms with Crippen molar-refractivity contribution in [2.75, 3.05) is 5.88 Å². The van der Waals surface area contributed by atoms with Crippen molar-refractivity contribution in [1.29, 1.82) is 0 Å². The number of aliphatic hydroxyl groups is 2. The molecule has 0 aromatic heterocycles. The van der Waals surface area contributed by atoms with Gasteiger partial charge in [0.25, 0.3) is 0 Å². The van der Waals surface area contributed by atoms with Gasteiger partial charge in [-0.2, -0.15) is 0 Å². The Hall–Kier alpha value is -0.0900. The van der Waals surface area contributed by atoms with Crippen LogP contribution in [0.5, 0.6) is 0 Å². The quantitative estimate of drug-likeness (QED) is 0.838. The largest absolute Gasteiger partial charge is 0.390 e. The SMILES string of the molecule is Cc1cc(C(O)C(O)CCCl)ccc1Br. The summed E-state index contributed by atoms with van der Waals surface area (Å²) in [5.74, 6) is 0.341. The van der Waals surface area contributed by atoms with Crippen molar-refractivity contribution in [2.45, 2.75) is 25.6 Å². The van der Waals surface area contributed by atoms with E-state index in [1.54, 1.807) is 6.07 Å². The molecule has 0 fully saturated rings. The summed E-state index contributed by atoms with van der Waals surface area (Å²) in [6.45, 7) is 1.94. The Kier molecular flexibility index (Phi) is 5.06. The number of halogens is 2. The topological polar surface area (TPSA) is 40.5 Å². The third-order valence-electron chi connectivity index (χ3n) is 2.29. The van der Waals surface area contributed by atoms with Crippen LogP contribution in [0.25, 0.3) is 0 Å². The standard InChI is InChI=1S/C11H14BrClO2/c1-7-6-8(2-3-9(7)12)11(15)10(14)4-5-13/h2-3,6,10-11,14-15H,4-5H2,1H3. The second-order valence-electron chi connectivity index (χ2n) is 3.50. The van der Waals surface area contributed by atoms with E-state index in [2.05, 4.69) is 15.9 Å². The maximum absolute atomic E-state index is 9.81. The minimum absolute atomic E-state index is 0.341. The van der Waals surface area contributed by atoms with Gasteiger partial charge in [0, 0.05) is 10.4 Å². The molecule has 0 amide bonds. The molecule has 15 heavy (non-hydrogen) atoms. The highest BCUT2D eigenvalue weighted by molar-refractivity contribution is 9.10. The van der Waals surface area contributed by atoms with E-state index in [1.807, 2.05) is 19.1 Å². The zero-order valence-corrected chi connectivity index (χ0v) is 10.8. The van der Waals surface area contributed by atoms with Gasteiger partial charge in [-0.15, -0.1) is 11.6 Å². The van der Waals surface area contributed by atoms with Crippen LogP contribution in [0.2, 0.25) is 0 Å². The zero-order valence-electron chi connectivity index (χ0n) is 8.45. The van der Waals surface area contributed by atoms with E-state index >= 15 is 0 Å². The first-order valence-corrected chi connectivity index (χ1v) is 6.07. The van der Waals surface area contributed by atoms with Crippen molar-refractivity contribution < 1.29 is 10.2 Å². The lowest BCUT2D eigenvalue weighted by Crippen LogP contribution is -2.18. The van der Waals surface area contributed by atoms with Crippen LogP contribution >= 0.6 is 27.5 Å². The van der Waals surface area contributed by atoms with Gasteiger partial charge in [-0.25, -0.2) is 0 Å². The van der Waals surface area contributed by atoms with Crippen LogP contribution in [0.1, 0.15) is 23.7 Å². The van der Waals surface area contributed by atoms with Crippen molar-refractivity contribution in [3.8, 4) is 0 Å². The van der Waals surface area contributed by atoms with E-state index in [0.29, 0.717) is 17.9 Å². The minimum atomic E-state index is -0.865. The lowest BCUT2D eigenvalue weighted by Gasteiger charge is -2.17. The molecule has 0 spiro atoms. The van der Waals surface area contributed by atoms with Crippen LogP contribution in [0.3, 0.4) is 0 Å². The van der Waals surface area contributed by atoms with E-state index < -0.39 is 12.2 Å². The molecular weight excluding hydrogens is 279 g/mol. The molecule has 0 aliphatic rings. The van der Waals surface area contributed by atoms with E-state index in [0.717, 1.165) is 10.0 Å². The summed E-state index contributed by atoms with van der Waals surface area (Å²) in [4.78, 5) is 0. The maximum atomic E-state index is 9.81. The van der Waals surface area contributed by atoms with Crippen LogP contribution in [-0.2, 0) is 0 Å². The van der Waals surface area contributed by atoms with Crippen molar-refractivity contribution in [2.24, 2.45) is 0 Å². The molecule has 2 unspecified atom stereocenters. The fourth-order valence-electron chi connectivity index (χ4n) is 1.34. The summed E-state index contributed by atoms with van der Waals surface area (Å²) in [6.07, 6.45) is -1.28. The summed E-state index contributed by atoms with van der Waals surface area (Å²) in [5.41, 5.74) is 1.75. The molecule has 2 nitrogen and oxygen atoms in total. The van der Waals surface area contributed by atoms with Crippen molar-refractivity contribution >= 4 is 27.5 Å². The van der Waals surface area contributed by atoms with Crippen molar-refractivity contribution in [1.82, 2.24) is 0 Å². The van der Waals surface area contributed by atoms with Gasteiger partial charge in [-0.1, -0.05) is 28.1 Å². The molecule has 4 heteroatoms. The molecule has 0 saturated heterocycles. The van der Waals surface area contributed by atoms with Gasteiger partial charge >= 0.3 is 0 Å². The summed E-state index contributed by atoms with van der Waals surface area (Å²) >= 11 is 8.89. The number of hydrogen-bond donors (Lipinski definition) is 2. The van der Waals surface area contributed by atoms with Gasteiger partial charge in [0.05, 0.1) is 6.10 Å². The zero-order chi connectivity index (χ0) is 11.4. The van der Waals surface area contributed by atoms with Gasteiger partial charge in [0.1, 0.15) is 6.10 Å². The number of aliphatic hydroxyl groups excluding tert-OH is 2. The maximum Gasteiger partial charge on any atom is 0.105 e. The average molecular weight is 294 g/mol. The molecule has 84 valence electrons. The van der Waals surface area contributed by atoms with E-state index in [-0.39, 0.29) is 0 Å². The highest BCUT2D eigenvalue weighted by Crippen LogP contribution is 2.24. The van der Waals surface area contributed by atoms with Gasteiger partial charge in [-0.05, 0) is 30.5 Å². The Balaban J connectivity index is 2.81. The van der Waals surface area contributed by atoms with Crippen LogP contribution < -0.4 is 0 Å². The molecule has 0 saturated carbocycles. The average Bonchev–Trinajstić information content (AvgIpc) is 2.21. The third-order valence-corrected chi connectivity index (χ3v) is 3.40. The molecule has 0 bridgehead atoms. The fraction of sp³-hybridized carbons (Fsp3) is 0.455.